The van der Waals surface area contributed by atoms with Crippen LogP contribution in [-0.2, 0) is 17.7 Å². The fraction of sp³-hybridized carbons (Fsp3) is 0.261. The van der Waals surface area contributed by atoms with Crippen molar-refractivity contribution in [1.29, 1.82) is 5.26 Å². The average molecular weight is 372 g/mol. The van der Waals surface area contributed by atoms with Crippen LogP contribution in [0.4, 0.5) is 0 Å². The summed E-state index contributed by atoms with van der Waals surface area (Å²) in [6.07, 6.45) is 1.22. The number of nitrogens with zero attached hydrogens (tertiary/aromatic N) is 2. The minimum absolute atomic E-state index is 0.0578. The second-order valence-electron chi connectivity index (χ2n) is 7.30. The van der Waals surface area contributed by atoms with Gasteiger partial charge in [0.1, 0.15) is 0 Å². The van der Waals surface area contributed by atoms with Crippen molar-refractivity contribution in [1.82, 2.24) is 4.57 Å². The van der Waals surface area contributed by atoms with Crippen molar-refractivity contribution in [3.05, 3.63) is 70.4 Å². The minimum Gasteiger partial charge on any atom is -0.465 e. The van der Waals surface area contributed by atoms with Crippen LogP contribution in [0, 0.1) is 17.2 Å². The lowest BCUT2D eigenvalue weighted by Crippen LogP contribution is -2.20. The number of hydrogen-bond donors (Lipinski definition) is 0. The standard InChI is InChI=1S/C23H20N2O3/c1-14-10-19-22(20(26)11-14)21-17(23(27)28-2)8-5-9-18(21)25(19)13-16-7-4-3-6-15(16)12-24/h3-9,14H,10-11,13H2,1-2H3. The van der Waals surface area contributed by atoms with Crippen LogP contribution < -0.4 is 0 Å². The number of benzene rings is 2. The topological polar surface area (TPSA) is 72.1 Å². The van der Waals surface area contributed by atoms with Crippen molar-refractivity contribution in [2.24, 2.45) is 5.92 Å². The maximum Gasteiger partial charge on any atom is 0.338 e. The molecule has 1 unspecified atom stereocenters. The summed E-state index contributed by atoms with van der Waals surface area (Å²) in [6, 6.07) is 15.1. The van der Waals surface area contributed by atoms with Crippen LogP contribution in [0.1, 0.15) is 50.9 Å². The maximum atomic E-state index is 12.9. The molecule has 140 valence electrons. The van der Waals surface area contributed by atoms with E-state index in [0.717, 1.165) is 23.2 Å². The van der Waals surface area contributed by atoms with Gasteiger partial charge in [-0.1, -0.05) is 31.2 Å². The predicted octanol–water partition coefficient (Wildman–Crippen LogP) is 4.11. The molecule has 0 spiro atoms. The zero-order valence-electron chi connectivity index (χ0n) is 15.9. The highest BCUT2D eigenvalue weighted by atomic mass is 16.5. The van der Waals surface area contributed by atoms with Crippen molar-refractivity contribution in [2.45, 2.75) is 26.3 Å². The summed E-state index contributed by atoms with van der Waals surface area (Å²) in [6.45, 7) is 2.54. The smallest absolute Gasteiger partial charge is 0.338 e. The van der Waals surface area contributed by atoms with Gasteiger partial charge in [-0.25, -0.2) is 4.79 Å². The highest BCUT2D eigenvalue weighted by molar-refractivity contribution is 6.16. The first kappa shape index (κ1) is 18.0. The van der Waals surface area contributed by atoms with E-state index < -0.39 is 5.97 Å². The Hall–Kier alpha value is -3.39. The molecule has 0 N–H and O–H groups in total. The lowest BCUT2D eigenvalue weighted by Gasteiger charge is -2.20. The van der Waals surface area contributed by atoms with Crippen molar-refractivity contribution in [3.63, 3.8) is 0 Å². The zero-order chi connectivity index (χ0) is 19.8. The van der Waals surface area contributed by atoms with Crippen molar-refractivity contribution in [2.75, 3.05) is 7.11 Å². The van der Waals surface area contributed by atoms with Crippen molar-refractivity contribution >= 4 is 22.7 Å². The van der Waals surface area contributed by atoms with E-state index >= 15 is 0 Å². The molecule has 5 nitrogen and oxygen atoms in total. The number of fused-ring (bicyclic) bond motifs is 3. The van der Waals surface area contributed by atoms with Gasteiger partial charge in [0.15, 0.2) is 5.78 Å². The van der Waals surface area contributed by atoms with Gasteiger partial charge in [-0.2, -0.15) is 5.26 Å². The summed E-state index contributed by atoms with van der Waals surface area (Å²) in [5.41, 5.74) is 4.29. The van der Waals surface area contributed by atoms with E-state index in [4.69, 9.17) is 4.74 Å². The van der Waals surface area contributed by atoms with Crippen LogP contribution in [0.15, 0.2) is 42.5 Å². The van der Waals surface area contributed by atoms with E-state index in [1.54, 1.807) is 18.2 Å². The highest BCUT2D eigenvalue weighted by Crippen LogP contribution is 2.37. The number of carbonyl (C=O) groups is 2. The van der Waals surface area contributed by atoms with Crippen LogP contribution in [0.2, 0.25) is 0 Å². The molecule has 1 atom stereocenters. The molecule has 4 rings (SSSR count). The van der Waals surface area contributed by atoms with Crippen molar-refractivity contribution < 1.29 is 14.3 Å². The third-order valence-electron chi connectivity index (χ3n) is 5.42. The number of ether oxygens (including phenoxy) is 1. The van der Waals surface area contributed by atoms with E-state index in [0.29, 0.717) is 35.0 Å². The molecular formula is C23H20N2O3. The van der Waals surface area contributed by atoms with Gasteiger partial charge in [-0.15, -0.1) is 0 Å². The number of Topliss-reactive ketones (excluding diaryl/α,β-unsaturated/α-hetero) is 1. The third-order valence-corrected chi connectivity index (χ3v) is 5.42. The number of hydrogen-bond acceptors (Lipinski definition) is 4. The molecule has 3 aromatic rings. The fourth-order valence-corrected chi connectivity index (χ4v) is 4.18. The summed E-state index contributed by atoms with van der Waals surface area (Å²) in [5.74, 6) is -0.160. The molecule has 1 aromatic heterocycles. The van der Waals surface area contributed by atoms with Crippen molar-refractivity contribution in [3.8, 4) is 6.07 Å². The lowest BCUT2D eigenvalue weighted by atomic mass is 9.86. The Labute approximate surface area is 163 Å². The fourth-order valence-electron chi connectivity index (χ4n) is 4.18. The number of ketones is 1. The van der Waals surface area contributed by atoms with Crippen LogP contribution in [-0.4, -0.2) is 23.4 Å². The molecule has 0 bridgehead atoms. The van der Waals surface area contributed by atoms with Crippen LogP contribution in [0.3, 0.4) is 0 Å². The SMILES string of the molecule is COC(=O)c1cccc2c1c1c(n2Cc2ccccc2C#N)CC(C)CC1=O. The predicted molar refractivity (Wildman–Crippen MR) is 105 cm³/mol. The Morgan fingerprint density at radius 2 is 2.00 bits per heavy atom. The van der Waals surface area contributed by atoms with E-state index in [9.17, 15) is 14.9 Å². The number of carbonyl (C=O) groups excluding carboxylic acids is 2. The molecule has 0 fully saturated rings. The number of nitriles is 1. The number of esters is 1. The van der Waals surface area contributed by atoms with Gasteiger partial charge >= 0.3 is 5.97 Å². The molecule has 28 heavy (non-hydrogen) atoms. The Balaban J connectivity index is 2.01. The lowest BCUT2D eigenvalue weighted by molar-refractivity contribution is 0.0603. The Bertz CT molecular complexity index is 1150. The maximum absolute atomic E-state index is 12.9. The quantitative estimate of drug-likeness (QED) is 0.649. The Morgan fingerprint density at radius 1 is 1.21 bits per heavy atom. The average Bonchev–Trinajstić information content (AvgIpc) is 3.01. The number of rotatable bonds is 3. The summed E-state index contributed by atoms with van der Waals surface area (Å²) in [5, 5.41) is 10.1. The largest absolute Gasteiger partial charge is 0.465 e. The van der Waals surface area contributed by atoms with Gasteiger partial charge in [0, 0.05) is 29.6 Å². The molecule has 0 radical (unpaired) electrons. The van der Waals surface area contributed by atoms with Gasteiger partial charge in [0.2, 0.25) is 0 Å². The molecule has 5 heteroatoms. The molecular weight excluding hydrogens is 352 g/mol. The normalized spacial score (nSPS) is 15.9. The minimum atomic E-state index is -0.450. The monoisotopic (exact) mass is 372 g/mol. The van der Waals surface area contributed by atoms with E-state index in [1.807, 2.05) is 24.3 Å². The molecule has 1 aliphatic carbocycles. The first-order valence-electron chi connectivity index (χ1n) is 9.28. The molecule has 1 heterocycles. The van der Waals surface area contributed by atoms with Gasteiger partial charge in [0.25, 0.3) is 0 Å². The van der Waals surface area contributed by atoms with Crippen LogP contribution >= 0.6 is 0 Å². The van der Waals surface area contributed by atoms with Gasteiger partial charge < -0.3 is 9.30 Å². The van der Waals surface area contributed by atoms with Gasteiger partial charge in [0.05, 0.1) is 29.8 Å². The Morgan fingerprint density at radius 3 is 2.75 bits per heavy atom. The molecule has 0 saturated heterocycles. The van der Waals surface area contributed by atoms with E-state index in [-0.39, 0.29) is 11.7 Å². The Kier molecular flexibility index (Phi) is 4.48. The first-order valence-corrected chi connectivity index (χ1v) is 9.28. The third kappa shape index (κ3) is 2.78. The summed E-state index contributed by atoms with van der Waals surface area (Å²) < 4.78 is 7.04. The summed E-state index contributed by atoms with van der Waals surface area (Å²) in [7, 11) is 1.34. The van der Waals surface area contributed by atoms with E-state index in [1.165, 1.54) is 7.11 Å². The molecule has 0 saturated carbocycles. The molecule has 2 aromatic carbocycles. The van der Waals surface area contributed by atoms with Crippen LogP contribution in [0.5, 0.6) is 0 Å². The summed E-state index contributed by atoms with van der Waals surface area (Å²) >= 11 is 0. The second kappa shape index (κ2) is 6.97. The number of methoxy groups -OCH3 is 1. The molecule has 0 amide bonds. The number of aromatic nitrogens is 1. The van der Waals surface area contributed by atoms with E-state index in [2.05, 4.69) is 17.6 Å². The highest BCUT2D eigenvalue weighted by Gasteiger charge is 2.31. The van der Waals surface area contributed by atoms with Crippen LogP contribution in [0.25, 0.3) is 10.9 Å². The molecule has 0 aliphatic heterocycles. The second-order valence-corrected chi connectivity index (χ2v) is 7.30. The molecule has 1 aliphatic rings. The van der Waals surface area contributed by atoms with Gasteiger partial charge in [-0.05, 0) is 36.1 Å². The first-order chi connectivity index (χ1) is 13.5. The van der Waals surface area contributed by atoms with Gasteiger partial charge in [-0.3, -0.25) is 4.79 Å². The summed E-state index contributed by atoms with van der Waals surface area (Å²) in [4.78, 5) is 25.3. The zero-order valence-corrected chi connectivity index (χ0v) is 15.9.